The summed E-state index contributed by atoms with van der Waals surface area (Å²) in [6.45, 7) is 2.44. The highest BCUT2D eigenvalue weighted by atomic mass is 32.2. The van der Waals surface area contributed by atoms with E-state index in [1.54, 1.807) is 19.9 Å². The van der Waals surface area contributed by atoms with Crippen molar-refractivity contribution in [3.63, 3.8) is 0 Å². The number of aliphatic hydroxyl groups excluding tert-OH is 1. The first-order valence-corrected chi connectivity index (χ1v) is 9.09. The number of hydrogen-bond donors (Lipinski definition) is 3. The van der Waals surface area contributed by atoms with Gasteiger partial charge in [-0.05, 0) is 24.0 Å². The Balaban J connectivity index is 3.51. The molecule has 0 saturated carbocycles. The molecule has 0 aliphatic carbocycles. The van der Waals surface area contributed by atoms with Crippen molar-refractivity contribution in [1.82, 2.24) is 9.79 Å². The van der Waals surface area contributed by atoms with Crippen LogP contribution in [0.1, 0.15) is 28.5 Å². The van der Waals surface area contributed by atoms with Gasteiger partial charge in [-0.15, -0.1) is 0 Å². The third kappa shape index (κ3) is 5.15. The minimum atomic E-state index is -4.17. The molecule has 0 heterocycles. The summed E-state index contributed by atoms with van der Waals surface area (Å²) < 4.78 is 40.1. The number of hydrogen-bond acceptors (Lipinski definition) is 6. The zero-order chi connectivity index (χ0) is 20.0. The number of carbonyl (C=O) groups is 1. The number of methoxy groups -OCH3 is 1. The lowest BCUT2D eigenvalue weighted by Crippen LogP contribution is -2.55. The van der Waals surface area contributed by atoms with E-state index in [9.17, 15) is 13.2 Å². The first kappa shape index (κ1) is 19.6. The summed E-state index contributed by atoms with van der Waals surface area (Å²) in [6.07, 6.45) is 0.0898. The fourth-order valence-electron chi connectivity index (χ4n) is 2.45. The lowest BCUT2D eigenvalue weighted by atomic mass is 9.86. The number of aliphatic hydroxyl groups is 1. The number of carbonyl (C=O) groups excluding carboxylic acids is 1. The van der Waals surface area contributed by atoms with Crippen LogP contribution in [0, 0.1) is 5.41 Å². The Labute approximate surface area is 149 Å². The molecule has 1 rings (SSSR count). The van der Waals surface area contributed by atoms with Crippen LogP contribution < -0.4 is 10.2 Å². The van der Waals surface area contributed by atoms with Crippen molar-refractivity contribution in [2.24, 2.45) is 5.41 Å². The maximum atomic E-state index is 13.2. The lowest BCUT2D eigenvalue weighted by molar-refractivity contribution is -0.136. The number of amides is 1. The van der Waals surface area contributed by atoms with Crippen LogP contribution in [-0.4, -0.2) is 55.2 Å². The van der Waals surface area contributed by atoms with Crippen molar-refractivity contribution in [3.8, 4) is 5.75 Å². The minimum Gasteiger partial charge on any atom is -0.497 e. The number of rotatable bonds is 8. The van der Waals surface area contributed by atoms with Crippen LogP contribution in [0.3, 0.4) is 0 Å². The molecule has 1 aromatic carbocycles. The summed E-state index contributed by atoms with van der Waals surface area (Å²) in [5.41, 5.74) is 0.404. The van der Waals surface area contributed by atoms with E-state index < -0.39 is 27.4 Å². The van der Waals surface area contributed by atoms with Crippen LogP contribution in [0.5, 0.6) is 5.75 Å². The van der Waals surface area contributed by atoms with Gasteiger partial charge in [0.25, 0.3) is 5.91 Å². The Morgan fingerprint density at radius 2 is 2.16 bits per heavy atom. The third-order valence-electron chi connectivity index (χ3n) is 3.57. The van der Waals surface area contributed by atoms with E-state index in [1.165, 1.54) is 30.8 Å². The van der Waals surface area contributed by atoms with Crippen molar-refractivity contribution in [2.75, 3.05) is 20.3 Å². The Morgan fingerprint density at radius 3 is 2.68 bits per heavy atom. The molecule has 0 radical (unpaired) electrons. The van der Waals surface area contributed by atoms with E-state index in [4.69, 9.17) is 16.4 Å². The van der Waals surface area contributed by atoms with Crippen molar-refractivity contribution < 1.29 is 29.6 Å². The van der Waals surface area contributed by atoms with Crippen LogP contribution in [0.2, 0.25) is 0 Å². The summed E-state index contributed by atoms with van der Waals surface area (Å²) >= 11 is 0. The molecule has 8 nitrogen and oxygen atoms in total. The molecule has 0 saturated heterocycles. The first-order chi connectivity index (χ1) is 12.1. The SMILES string of the molecule is [2H]CC(C)(C)[C@@H](C(=O)NO)N(CCCO)S(=O)(=O)c1cccc(OC)c1. The average molecular weight is 375 g/mol. The maximum Gasteiger partial charge on any atom is 0.262 e. The van der Waals surface area contributed by atoms with Crippen LogP contribution in [-0.2, 0) is 14.8 Å². The predicted molar refractivity (Wildman–Crippen MR) is 91.8 cm³/mol. The summed E-state index contributed by atoms with van der Waals surface area (Å²) in [6, 6.07) is 4.44. The number of sulfonamides is 1. The van der Waals surface area contributed by atoms with Gasteiger partial charge in [-0.25, -0.2) is 13.9 Å². The summed E-state index contributed by atoms with van der Waals surface area (Å²) in [4.78, 5) is 12.2. The Kier molecular flexibility index (Phi) is 6.77. The largest absolute Gasteiger partial charge is 0.497 e. The Bertz CT molecular complexity index is 710. The molecule has 1 aromatic rings. The molecule has 25 heavy (non-hydrogen) atoms. The van der Waals surface area contributed by atoms with E-state index in [0.29, 0.717) is 5.75 Å². The van der Waals surface area contributed by atoms with Crippen LogP contribution in [0.4, 0.5) is 0 Å². The standard InChI is InChI=1S/C16H26N2O6S/c1-16(2,3)14(15(20)17-21)18(9-6-10-19)25(22,23)13-8-5-7-12(11-13)24-4/h5,7-8,11,14,19,21H,6,9-10H2,1-4H3,(H,17,20)/t14-/m1/s1/i1D. The van der Waals surface area contributed by atoms with Crippen molar-refractivity contribution in [2.45, 2.75) is 38.1 Å². The van der Waals surface area contributed by atoms with Crippen molar-refractivity contribution in [3.05, 3.63) is 24.3 Å². The quantitative estimate of drug-likeness (QED) is 0.461. The van der Waals surface area contributed by atoms with E-state index in [0.717, 1.165) is 4.31 Å². The highest BCUT2D eigenvalue weighted by Gasteiger charge is 2.42. The van der Waals surface area contributed by atoms with Crippen molar-refractivity contribution in [1.29, 1.82) is 0 Å². The molecule has 0 aromatic heterocycles. The molecule has 0 aliphatic rings. The molecular weight excluding hydrogens is 348 g/mol. The van der Waals surface area contributed by atoms with Crippen LogP contribution in [0.25, 0.3) is 0 Å². The van der Waals surface area contributed by atoms with Gasteiger partial charge in [0.2, 0.25) is 10.0 Å². The molecule has 1 amide bonds. The third-order valence-corrected chi connectivity index (χ3v) is 5.43. The Morgan fingerprint density at radius 1 is 1.48 bits per heavy atom. The minimum absolute atomic E-state index is 0.0898. The smallest absolute Gasteiger partial charge is 0.262 e. The highest BCUT2D eigenvalue weighted by Crippen LogP contribution is 2.30. The first-order valence-electron chi connectivity index (χ1n) is 8.36. The predicted octanol–water partition coefficient (Wildman–Crippen LogP) is 0.988. The van der Waals surface area contributed by atoms with Gasteiger partial charge in [0, 0.05) is 20.6 Å². The number of nitrogens with zero attached hydrogens (tertiary/aromatic N) is 1. The van der Waals surface area contributed by atoms with E-state index in [1.807, 2.05) is 0 Å². The molecule has 1 atom stereocenters. The van der Waals surface area contributed by atoms with Gasteiger partial charge in [-0.3, -0.25) is 10.0 Å². The van der Waals surface area contributed by atoms with Gasteiger partial charge in [-0.2, -0.15) is 4.31 Å². The normalized spacial score (nSPS) is 14.1. The number of nitrogens with one attached hydrogen (secondary N) is 1. The molecule has 142 valence electrons. The Hall–Kier alpha value is -1.68. The highest BCUT2D eigenvalue weighted by molar-refractivity contribution is 7.89. The lowest BCUT2D eigenvalue weighted by Gasteiger charge is -2.37. The van der Waals surface area contributed by atoms with E-state index in [2.05, 4.69) is 0 Å². The van der Waals surface area contributed by atoms with Crippen LogP contribution in [0.15, 0.2) is 29.2 Å². The molecule has 0 spiro atoms. The van der Waals surface area contributed by atoms with Gasteiger partial charge in [0.05, 0.1) is 12.0 Å². The summed E-state index contributed by atoms with van der Waals surface area (Å²) in [7, 11) is -2.76. The molecule has 3 N–H and O–H groups in total. The van der Waals surface area contributed by atoms with Crippen molar-refractivity contribution >= 4 is 15.9 Å². The molecule has 0 bridgehead atoms. The van der Waals surface area contributed by atoms with Gasteiger partial charge in [-0.1, -0.05) is 26.8 Å². The molecule has 9 heteroatoms. The van der Waals surface area contributed by atoms with E-state index in [-0.39, 0.29) is 31.4 Å². The average Bonchev–Trinajstić information content (AvgIpc) is 2.64. The van der Waals surface area contributed by atoms with Gasteiger partial charge in [0.1, 0.15) is 11.8 Å². The second kappa shape index (κ2) is 8.61. The molecular formula is C16H26N2O6S. The maximum absolute atomic E-state index is 13.2. The second-order valence-corrected chi connectivity index (χ2v) is 8.13. The topological polar surface area (TPSA) is 116 Å². The molecule has 0 fully saturated rings. The van der Waals surface area contributed by atoms with Crippen LogP contribution >= 0.6 is 0 Å². The molecule has 0 unspecified atom stereocenters. The zero-order valence-electron chi connectivity index (χ0n) is 15.6. The fraction of sp³-hybridized carbons (Fsp3) is 0.562. The van der Waals surface area contributed by atoms with Gasteiger partial charge in [0.15, 0.2) is 0 Å². The number of benzene rings is 1. The molecule has 0 aliphatic heterocycles. The second-order valence-electron chi connectivity index (χ2n) is 6.24. The van der Waals surface area contributed by atoms with Gasteiger partial charge >= 0.3 is 0 Å². The fourth-order valence-corrected chi connectivity index (χ4v) is 4.26. The van der Waals surface area contributed by atoms with Gasteiger partial charge < -0.3 is 9.84 Å². The zero-order valence-corrected chi connectivity index (χ0v) is 15.4. The summed E-state index contributed by atoms with van der Waals surface area (Å²) in [5.74, 6) is -0.609. The van der Waals surface area contributed by atoms with E-state index >= 15 is 0 Å². The number of hydroxylamine groups is 1. The summed E-state index contributed by atoms with van der Waals surface area (Å²) in [5, 5.41) is 18.2. The number of ether oxygens (including phenoxy) is 1. The monoisotopic (exact) mass is 375 g/mol.